The Morgan fingerprint density at radius 3 is 2.52 bits per heavy atom. The molecule has 3 rings (SSSR count). The first kappa shape index (κ1) is 22.5. The maximum absolute atomic E-state index is 13.0. The molecule has 8 nitrogen and oxygen atoms in total. The molecule has 0 spiro atoms. The van der Waals surface area contributed by atoms with Crippen molar-refractivity contribution < 1.29 is 22.4 Å². The average molecular weight is 444 g/mol. The molecule has 1 aromatic heterocycles. The Balaban J connectivity index is 1.82. The number of ether oxygens (including phenoxy) is 1. The van der Waals surface area contributed by atoms with Gasteiger partial charge in [0, 0.05) is 5.56 Å². The minimum atomic E-state index is -3.86. The topological polar surface area (TPSA) is 111 Å². The lowest BCUT2D eigenvalue weighted by Crippen LogP contribution is -2.44. The molecule has 31 heavy (non-hydrogen) atoms. The summed E-state index contributed by atoms with van der Waals surface area (Å²) >= 11 is 0. The van der Waals surface area contributed by atoms with Gasteiger partial charge in [-0.15, -0.1) is 0 Å². The molecule has 0 saturated carbocycles. The van der Waals surface area contributed by atoms with Crippen LogP contribution in [0.5, 0.6) is 5.75 Å². The predicted molar refractivity (Wildman–Crippen MR) is 117 cm³/mol. The van der Waals surface area contributed by atoms with Crippen molar-refractivity contribution in [1.29, 1.82) is 0 Å². The van der Waals surface area contributed by atoms with E-state index in [4.69, 9.17) is 9.15 Å². The lowest BCUT2D eigenvalue weighted by atomic mass is 10.0. The number of rotatable bonds is 9. The zero-order valence-electron chi connectivity index (χ0n) is 17.5. The summed E-state index contributed by atoms with van der Waals surface area (Å²) in [5.74, 6) is 0.588. The van der Waals surface area contributed by atoms with E-state index in [1.54, 1.807) is 42.6 Å². The molecule has 1 atom stereocenters. The number of hydrogen-bond donors (Lipinski definition) is 2. The van der Waals surface area contributed by atoms with Crippen LogP contribution in [0.1, 0.15) is 20.3 Å². The first-order valence-electron chi connectivity index (χ1n) is 9.75. The molecule has 0 saturated heterocycles. The van der Waals surface area contributed by atoms with Crippen molar-refractivity contribution in [2.75, 3.05) is 12.4 Å². The van der Waals surface area contributed by atoms with Crippen molar-refractivity contribution in [3.8, 4) is 17.1 Å². The zero-order chi connectivity index (χ0) is 22.4. The monoisotopic (exact) mass is 443 g/mol. The van der Waals surface area contributed by atoms with Crippen molar-refractivity contribution in [2.24, 2.45) is 5.92 Å². The van der Waals surface area contributed by atoms with Crippen molar-refractivity contribution in [3.05, 3.63) is 61.1 Å². The van der Waals surface area contributed by atoms with Gasteiger partial charge < -0.3 is 14.5 Å². The third-order valence-electron chi connectivity index (χ3n) is 4.55. The number of benzene rings is 2. The van der Waals surface area contributed by atoms with E-state index >= 15 is 0 Å². The van der Waals surface area contributed by atoms with E-state index in [1.807, 2.05) is 13.8 Å². The Morgan fingerprint density at radius 1 is 1.16 bits per heavy atom. The molecule has 3 aromatic rings. The van der Waals surface area contributed by atoms with Gasteiger partial charge >= 0.3 is 0 Å². The summed E-state index contributed by atoms with van der Waals surface area (Å²) in [6.45, 7) is 3.84. The Morgan fingerprint density at radius 2 is 1.90 bits per heavy atom. The average Bonchev–Trinajstić information content (AvgIpc) is 3.28. The number of amides is 1. The largest absolute Gasteiger partial charge is 0.495 e. The summed E-state index contributed by atoms with van der Waals surface area (Å²) in [5.41, 5.74) is 1.15. The first-order valence-corrected chi connectivity index (χ1v) is 11.2. The molecular weight excluding hydrogens is 418 g/mol. The number of nitrogens with one attached hydrogen (secondary N) is 2. The second-order valence-electron chi connectivity index (χ2n) is 7.39. The van der Waals surface area contributed by atoms with E-state index in [1.165, 1.54) is 25.6 Å². The molecule has 1 heterocycles. The number of methoxy groups -OCH3 is 1. The van der Waals surface area contributed by atoms with E-state index in [0.717, 1.165) is 5.56 Å². The van der Waals surface area contributed by atoms with Crippen LogP contribution in [0.25, 0.3) is 11.3 Å². The Labute approximate surface area is 181 Å². The number of nitrogens with zero attached hydrogens (tertiary/aromatic N) is 1. The van der Waals surface area contributed by atoms with Crippen LogP contribution < -0.4 is 14.8 Å². The van der Waals surface area contributed by atoms with Gasteiger partial charge in [-0.1, -0.05) is 32.0 Å². The van der Waals surface area contributed by atoms with Crippen LogP contribution in [0, 0.1) is 5.92 Å². The second kappa shape index (κ2) is 9.76. The van der Waals surface area contributed by atoms with Crippen LogP contribution in [0.4, 0.5) is 5.69 Å². The lowest BCUT2D eigenvalue weighted by Gasteiger charge is -2.21. The van der Waals surface area contributed by atoms with Crippen molar-refractivity contribution in [2.45, 2.75) is 31.2 Å². The van der Waals surface area contributed by atoms with Gasteiger partial charge in [0.2, 0.25) is 15.9 Å². The number of aromatic nitrogens is 1. The molecule has 0 aliphatic carbocycles. The van der Waals surface area contributed by atoms with Crippen LogP contribution in [0.3, 0.4) is 0 Å². The van der Waals surface area contributed by atoms with Crippen molar-refractivity contribution in [3.63, 3.8) is 0 Å². The number of carbonyl (C=O) groups is 1. The highest BCUT2D eigenvalue weighted by Crippen LogP contribution is 2.31. The SMILES string of the molecule is COc1cc(-c2cnco2)ccc1NC(=O)[C@@H](CC(C)C)NS(=O)(=O)c1ccccc1. The fourth-order valence-electron chi connectivity index (χ4n) is 3.06. The summed E-state index contributed by atoms with van der Waals surface area (Å²) < 4.78 is 38.7. The van der Waals surface area contributed by atoms with Gasteiger partial charge in [0.1, 0.15) is 11.8 Å². The van der Waals surface area contributed by atoms with Crippen LogP contribution in [0.15, 0.2) is 70.4 Å². The highest BCUT2D eigenvalue weighted by Gasteiger charge is 2.27. The molecule has 0 aliphatic rings. The van der Waals surface area contributed by atoms with Crippen molar-refractivity contribution in [1.82, 2.24) is 9.71 Å². The molecule has 0 unspecified atom stereocenters. The van der Waals surface area contributed by atoms with E-state index in [0.29, 0.717) is 23.6 Å². The molecule has 0 aliphatic heterocycles. The molecule has 0 radical (unpaired) electrons. The Kier molecular flexibility index (Phi) is 7.09. The normalized spacial score (nSPS) is 12.5. The number of sulfonamides is 1. The van der Waals surface area contributed by atoms with Crippen LogP contribution in [0.2, 0.25) is 0 Å². The minimum Gasteiger partial charge on any atom is -0.495 e. The maximum atomic E-state index is 13.0. The van der Waals surface area contributed by atoms with Gasteiger partial charge in [-0.05, 0) is 42.7 Å². The second-order valence-corrected chi connectivity index (χ2v) is 9.10. The van der Waals surface area contributed by atoms with Gasteiger partial charge in [0.25, 0.3) is 0 Å². The summed E-state index contributed by atoms with van der Waals surface area (Å²) in [4.78, 5) is 17.0. The molecule has 9 heteroatoms. The van der Waals surface area contributed by atoms with E-state index in [-0.39, 0.29) is 10.8 Å². The van der Waals surface area contributed by atoms with Gasteiger partial charge in [0.05, 0.1) is 23.9 Å². The summed E-state index contributed by atoms with van der Waals surface area (Å²) in [6, 6.07) is 12.1. The highest BCUT2D eigenvalue weighted by atomic mass is 32.2. The standard InChI is InChI=1S/C22H25N3O5S/c1-15(2)11-19(25-31(27,28)17-7-5-4-6-8-17)22(26)24-18-10-9-16(12-20(18)29-3)21-13-23-14-30-21/h4-10,12-15,19,25H,11H2,1-3H3,(H,24,26)/t19-/m1/s1. The number of carbonyl (C=O) groups excluding carboxylic acids is 1. The van der Waals surface area contributed by atoms with Crippen LogP contribution in [-0.4, -0.2) is 32.5 Å². The lowest BCUT2D eigenvalue weighted by molar-refractivity contribution is -0.118. The third kappa shape index (κ3) is 5.71. The van der Waals surface area contributed by atoms with Crippen LogP contribution in [-0.2, 0) is 14.8 Å². The smallest absolute Gasteiger partial charge is 0.242 e. The molecule has 0 fully saturated rings. The van der Waals surface area contributed by atoms with Crippen LogP contribution >= 0.6 is 0 Å². The van der Waals surface area contributed by atoms with Gasteiger partial charge in [-0.25, -0.2) is 13.4 Å². The first-order chi connectivity index (χ1) is 14.8. The predicted octanol–water partition coefficient (Wildman–Crippen LogP) is 3.68. The summed E-state index contributed by atoms with van der Waals surface area (Å²) in [5, 5.41) is 2.78. The molecule has 2 aromatic carbocycles. The van der Waals surface area contributed by atoms with Gasteiger partial charge in [-0.3, -0.25) is 4.79 Å². The van der Waals surface area contributed by atoms with Gasteiger partial charge in [0.15, 0.2) is 12.2 Å². The van der Waals surface area contributed by atoms with E-state index in [2.05, 4.69) is 15.0 Å². The number of anilines is 1. The Hall–Kier alpha value is -3.17. The van der Waals surface area contributed by atoms with Gasteiger partial charge in [-0.2, -0.15) is 4.72 Å². The zero-order valence-corrected chi connectivity index (χ0v) is 18.3. The molecule has 2 N–H and O–H groups in total. The molecular formula is C22H25N3O5S. The summed E-state index contributed by atoms with van der Waals surface area (Å²) in [7, 11) is -2.37. The molecule has 0 bridgehead atoms. The highest BCUT2D eigenvalue weighted by molar-refractivity contribution is 7.89. The maximum Gasteiger partial charge on any atom is 0.242 e. The van der Waals surface area contributed by atoms with E-state index < -0.39 is 22.0 Å². The number of hydrogen-bond acceptors (Lipinski definition) is 6. The third-order valence-corrected chi connectivity index (χ3v) is 6.04. The fourth-order valence-corrected chi connectivity index (χ4v) is 4.29. The quantitative estimate of drug-likeness (QED) is 0.522. The number of oxazole rings is 1. The molecule has 1 amide bonds. The summed E-state index contributed by atoms with van der Waals surface area (Å²) in [6.07, 6.45) is 3.23. The van der Waals surface area contributed by atoms with Crippen molar-refractivity contribution >= 4 is 21.6 Å². The fraction of sp³-hybridized carbons (Fsp3) is 0.273. The Bertz CT molecular complexity index is 1110. The van der Waals surface area contributed by atoms with E-state index in [9.17, 15) is 13.2 Å². The molecule has 164 valence electrons. The minimum absolute atomic E-state index is 0.0879.